The molecule has 4 aromatic rings. The summed E-state index contributed by atoms with van der Waals surface area (Å²) in [5.41, 5.74) is 2.53. The molecule has 8 heteroatoms. The Morgan fingerprint density at radius 3 is 2.62 bits per heavy atom. The molecule has 5 nitrogen and oxygen atoms in total. The van der Waals surface area contributed by atoms with Crippen LogP contribution < -0.4 is 10.9 Å². The average molecular weight is 411 g/mol. The molecule has 0 fully saturated rings. The number of hydrogen-bond acceptors (Lipinski definition) is 4. The third-order valence-electron chi connectivity index (χ3n) is 4.44. The first kappa shape index (κ1) is 18.9. The van der Waals surface area contributed by atoms with E-state index in [0.29, 0.717) is 10.2 Å². The van der Waals surface area contributed by atoms with Crippen LogP contribution in [0, 0.1) is 18.6 Å². The fraction of sp³-hybridized carbons (Fsp3) is 0.0952. The number of carbonyl (C=O) groups is 1. The van der Waals surface area contributed by atoms with Crippen molar-refractivity contribution in [2.45, 2.75) is 13.5 Å². The maximum Gasteiger partial charge on any atom is 0.263 e. The van der Waals surface area contributed by atoms with Gasteiger partial charge in [-0.15, -0.1) is 11.3 Å². The fourth-order valence-corrected chi connectivity index (χ4v) is 3.86. The molecule has 2 heterocycles. The van der Waals surface area contributed by atoms with Gasteiger partial charge in [0.2, 0.25) is 5.91 Å². The van der Waals surface area contributed by atoms with Crippen LogP contribution in [0.25, 0.3) is 21.3 Å². The number of rotatable bonds is 4. The summed E-state index contributed by atoms with van der Waals surface area (Å²) in [5, 5.41) is 4.77. The number of hydrogen-bond donors (Lipinski definition) is 1. The Balaban J connectivity index is 1.64. The number of fused-ring (bicyclic) bond motifs is 1. The molecule has 1 N–H and O–H groups in total. The SMILES string of the molecule is Cc1ccc(-c2csc3ncn(CC(=O)Nc4ccc(F)c(F)c4)c(=O)c23)cc1. The zero-order chi connectivity index (χ0) is 20.5. The Kier molecular flexibility index (Phi) is 4.94. The minimum absolute atomic E-state index is 0.104. The molecule has 0 aliphatic rings. The highest BCUT2D eigenvalue weighted by atomic mass is 32.1. The van der Waals surface area contributed by atoms with Gasteiger partial charge in [-0.3, -0.25) is 14.2 Å². The Labute approximate surface area is 168 Å². The predicted octanol–water partition coefficient (Wildman–Crippen LogP) is 4.35. The molecule has 146 valence electrons. The summed E-state index contributed by atoms with van der Waals surface area (Å²) >= 11 is 1.36. The third kappa shape index (κ3) is 3.79. The summed E-state index contributed by atoms with van der Waals surface area (Å²) in [6.07, 6.45) is 1.31. The van der Waals surface area contributed by atoms with Crippen molar-refractivity contribution in [2.24, 2.45) is 0 Å². The second-order valence-corrected chi connectivity index (χ2v) is 7.41. The van der Waals surface area contributed by atoms with E-state index in [2.05, 4.69) is 10.3 Å². The molecule has 4 rings (SSSR count). The van der Waals surface area contributed by atoms with Crippen LogP contribution in [-0.4, -0.2) is 15.5 Å². The zero-order valence-corrected chi connectivity index (χ0v) is 16.1. The lowest BCUT2D eigenvalue weighted by Crippen LogP contribution is -2.27. The molecular formula is C21H15F2N3O2S. The minimum atomic E-state index is -1.07. The highest BCUT2D eigenvalue weighted by molar-refractivity contribution is 7.17. The Bertz CT molecular complexity index is 1280. The van der Waals surface area contributed by atoms with Gasteiger partial charge in [0, 0.05) is 22.7 Å². The summed E-state index contributed by atoms with van der Waals surface area (Å²) in [4.78, 5) is 30.1. The predicted molar refractivity (Wildman–Crippen MR) is 109 cm³/mol. The Morgan fingerprint density at radius 2 is 1.90 bits per heavy atom. The minimum Gasteiger partial charge on any atom is -0.324 e. The van der Waals surface area contributed by atoms with Gasteiger partial charge in [-0.25, -0.2) is 13.8 Å². The number of halogens is 2. The van der Waals surface area contributed by atoms with Crippen molar-refractivity contribution in [3.63, 3.8) is 0 Å². The molecule has 0 atom stereocenters. The van der Waals surface area contributed by atoms with Gasteiger partial charge in [0.25, 0.3) is 5.56 Å². The van der Waals surface area contributed by atoms with Gasteiger partial charge in [-0.05, 0) is 24.6 Å². The van der Waals surface area contributed by atoms with E-state index in [1.165, 1.54) is 28.3 Å². The van der Waals surface area contributed by atoms with Gasteiger partial charge in [0.15, 0.2) is 11.6 Å². The van der Waals surface area contributed by atoms with E-state index >= 15 is 0 Å². The van der Waals surface area contributed by atoms with Crippen molar-refractivity contribution in [2.75, 3.05) is 5.32 Å². The van der Waals surface area contributed by atoms with Crippen LogP contribution in [0.3, 0.4) is 0 Å². The summed E-state index contributed by atoms with van der Waals surface area (Å²) in [5.74, 6) is -2.62. The largest absolute Gasteiger partial charge is 0.324 e. The van der Waals surface area contributed by atoms with Crippen molar-refractivity contribution in [3.8, 4) is 11.1 Å². The summed E-state index contributed by atoms with van der Waals surface area (Å²) in [6.45, 7) is 1.68. The fourth-order valence-electron chi connectivity index (χ4n) is 2.95. The number of carbonyl (C=O) groups excluding carboxylic acids is 1. The van der Waals surface area contributed by atoms with Gasteiger partial charge in [0.05, 0.1) is 11.7 Å². The molecule has 0 spiro atoms. The average Bonchev–Trinajstić information content (AvgIpc) is 3.12. The van der Waals surface area contributed by atoms with Crippen molar-refractivity contribution in [3.05, 3.63) is 81.7 Å². The number of nitrogens with zero attached hydrogens (tertiary/aromatic N) is 2. The van der Waals surface area contributed by atoms with Gasteiger partial charge in [0.1, 0.15) is 11.4 Å². The molecule has 29 heavy (non-hydrogen) atoms. The summed E-state index contributed by atoms with van der Waals surface area (Å²) in [6, 6.07) is 10.8. The zero-order valence-electron chi connectivity index (χ0n) is 15.3. The van der Waals surface area contributed by atoms with Crippen molar-refractivity contribution >= 4 is 33.1 Å². The second kappa shape index (κ2) is 7.56. The molecule has 0 saturated heterocycles. The van der Waals surface area contributed by atoms with Crippen molar-refractivity contribution < 1.29 is 13.6 Å². The topological polar surface area (TPSA) is 64.0 Å². The molecule has 0 aliphatic carbocycles. The standard InChI is InChI=1S/C21H15F2N3O2S/c1-12-2-4-13(5-3-12)15-10-29-20-19(15)21(28)26(11-24-20)9-18(27)25-14-6-7-16(22)17(23)8-14/h2-8,10-11H,9H2,1H3,(H,25,27). The van der Waals surface area contributed by atoms with Crippen LogP contribution in [0.1, 0.15) is 5.56 Å². The molecule has 0 aliphatic heterocycles. The van der Waals surface area contributed by atoms with E-state index in [0.717, 1.165) is 28.8 Å². The van der Waals surface area contributed by atoms with Crippen LogP contribution >= 0.6 is 11.3 Å². The molecule has 0 unspecified atom stereocenters. The Morgan fingerprint density at radius 1 is 1.14 bits per heavy atom. The van der Waals surface area contributed by atoms with Crippen molar-refractivity contribution in [1.29, 1.82) is 0 Å². The quantitative estimate of drug-likeness (QED) is 0.543. The van der Waals surface area contributed by atoms with Crippen LogP contribution in [0.15, 0.2) is 59.0 Å². The maximum atomic E-state index is 13.3. The van der Waals surface area contributed by atoms with E-state index < -0.39 is 17.5 Å². The smallest absolute Gasteiger partial charge is 0.263 e. The van der Waals surface area contributed by atoms with Gasteiger partial charge >= 0.3 is 0 Å². The Hall–Kier alpha value is -3.39. The first-order chi connectivity index (χ1) is 13.9. The number of amides is 1. The van der Waals surface area contributed by atoms with E-state index in [-0.39, 0.29) is 17.8 Å². The van der Waals surface area contributed by atoms with E-state index in [1.807, 2.05) is 36.6 Å². The number of aryl methyl sites for hydroxylation is 1. The first-order valence-corrected chi connectivity index (χ1v) is 9.59. The van der Waals surface area contributed by atoms with Crippen LogP contribution in [0.5, 0.6) is 0 Å². The lowest BCUT2D eigenvalue weighted by atomic mass is 10.1. The number of nitrogens with one attached hydrogen (secondary N) is 1. The third-order valence-corrected chi connectivity index (χ3v) is 5.33. The van der Waals surface area contributed by atoms with E-state index in [9.17, 15) is 18.4 Å². The lowest BCUT2D eigenvalue weighted by molar-refractivity contribution is -0.116. The normalized spacial score (nSPS) is 11.0. The molecule has 2 aromatic carbocycles. The van der Waals surface area contributed by atoms with Crippen LogP contribution in [-0.2, 0) is 11.3 Å². The molecule has 0 bridgehead atoms. The number of benzene rings is 2. The molecular weight excluding hydrogens is 396 g/mol. The monoisotopic (exact) mass is 411 g/mol. The summed E-state index contributed by atoms with van der Waals surface area (Å²) < 4.78 is 27.5. The molecule has 2 aromatic heterocycles. The van der Waals surface area contributed by atoms with E-state index in [1.54, 1.807) is 0 Å². The van der Waals surface area contributed by atoms with Crippen LogP contribution in [0.2, 0.25) is 0 Å². The highest BCUT2D eigenvalue weighted by Gasteiger charge is 2.15. The van der Waals surface area contributed by atoms with Gasteiger partial charge in [-0.2, -0.15) is 0 Å². The van der Waals surface area contributed by atoms with Crippen LogP contribution in [0.4, 0.5) is 14.5 Å². The van der Waals surface area contributed by atoms with Gasteiger partial charge < -0.3 is 5.32 Å². The molecule has 1 amide bonds. The molecule has 0 saturated carbocycles. The number of aromatic nitrogens is 2. The summed E-state index contributed by atoms with van der Waals surface area (Å²) in [7, 11) is 0. The van der Waals surface area contributed by atoms with E-state index in [4.69, 9.17) is 0 Å². The molecule has 0 radical (unpaired) electrons. The highest BCUT2D eigenvalue weighted by Crippen LogP contribution is 2.30. The lowest BCUT2D eigenvalue weighted by Gasteiger charge is -2.08. The first-order valence-electron chi connectivity index (χ1n) is 8.71. The van der Waals surface area contributed by atoms with Crippen molar-refractivity contribution in [1.82, 2.24) is 9.55 Å². The number of anilines is 1. The maximum absolute atomic E-state index is 13.3. The number of thiophene rings is 1. The van der Waals surface area contributed by atoms with Gasteiger partial charge in [-0.1, -0.05) is 29.8 Å². The second-order valence-electron chi connectivity index (χ2n) is 6.55.